The molecule has 4 rings (SSSR count). The maximum Gasteiger partial charge on any atom is 0.243 e. The molecule has 0 fully saturated rings. The van der Waals surface area contributed by atoms with Crippen LogP contribution in [0.25, 0.3) is 0 Å². The van der Waals surface area contributed by atoms with Gasteiger partial charge in [0.25, 0.3) is 0 Å². The molecule has 0 unspecified atom stereocenters. The number of carbonyl (C=O) groups excluding carboxylic acids is 2. The first kappa shape index (κ1) is 26.7. The van der Waals surface area contributed by atoms with Crippen molar-refractivity contribution in [3.05, 3.63) is 138 Å². The molecule has 0 aromatic heterocycles. The number of amides is 2. The van der Waals surface area contributed by atoms with Gasteiger partial charge in [-0.25, -0.2) is 0 Å². The number of benzene rings is 4. The van der Waals surface area contributed by atoms with Crippen molar-refractivity contribution in [1.29, 1.82) is 0 Å². The second-order valence-electron chi connectivity index (χ2n) is 9.26. The Morgan fingerprint density at radius 3 is 1.84 bits per heavy atom. The third-order valence-electron chi connectivity index (χ3n) is 6.56. The molecular weight excluding hydrogens is 472 g/mol. The molecule has 0 radical (unpaired) electrons. The highest BCUT2D eigenvalue weighted by molar-refractivity contribution is 5.88. The molecule has 0 spiro atoms. The van der Waals surface area contributed by atoms with Gasteiger partial charge in [0, 0.05) is 25.9 Å². The number of nitrogens with zero attached hydrogens (tertiary/aromatic N) is 1. The van der Waals surface area contributed by atoms with Gasteiger partial charge in [-0.05, 0) is 40.8 Å². The van der Waals surface area contributed by atoms with Crippen LogP contribution in [0.5, 0.6) is 5.75 Å². The number of ether oxygens (including phenoxy) is 1. The van der Waals surface area contributed by atoms with Gasteiger partial charge in [-0.1, -0.05) is 103 Å². The van der Waals surface area contributed by atoms with E-state index in [4.69, 9.17) is 4.74 Å². The van der Waals surface area contributed by atoms with E-state index >= 15 is 0 Å². The molecule has 4 aromatic rings. The van der Waals surface area contributed by atoms with Crippen LogP contribution in [0.15, 0.2) is 115 Å². The van der Waals surface area contributed by atoms with Crippen molar-refractivity contribution in [2.45, 2.75) is 38.4 Å². The number of hydrogen-bond donors (Lipinski definition) is 1. The zero-order valence-corrected chi connectivity index (χ0v) is 21.8. The molecule has 0 aliphatic rings. The van der Waals surface area contributed by atoms with E-state index in [2.05, 4.69) is 5.32 Å². The number of rotatable bonds is 12. The Kier molecular flexibility index (Phi) is 9.69. The van der Waals surface area contributed by atoms with Gasteiger partial charge in [0.2, 0.25) is 11.8 Å². The number of aryl methyl sites for hydroxylation is 1. The summed E-state index contributed by atoms with van der Waals surface area (Å²) in [5, 5.41) is 3.08. The largest absolute Gasteiger partial charge is 0.497 e. The predicted octanol–water partition coefficient (Wildman–Crippen LogP) is 5.58. The third-order valence-corrected chi connectivity index (χ3v) is 6.56. The highest BCUT2D eigenvalue weighted by atomic mass is 16.5. The number of methoxy groups -OCH3 is 1. The van der Waals surface area contributed by atoms with Gasteiger partial charge in [0.15, 0.2) is 0 Å². The third kappa shape index (κ3) is 7.81. The first-order valence-corrected chi connectivity index (χ1v) is 12.9. The molecular formula is C33H34N2O3. The van der Waals surface area contributed by atoms with E-state index in [1.54, 1.807) is 12.0 Å². The maximum absolute atomic E-state index is 13.7. The summed E-state index contributed by atoms with van der Waals surface area (Å²) in [4.78, 5) is 29.2. The smallest absolute Gasteiger partial charge is 0.243 e. The van der Waals surface area contributed by atoms with Gasteiger partial charge >= 0.3 is 0 Å². The fraction of sp³-hybridized carbons (Fsp3) is 0.212. The lowest BCUT2D eigenvalue weighted by Gasteiger charge is -2.31. The van der Waals surface area contributed by atoms with Crippen molar-refractivity contribution in [3.8, 4) is 5.75 Å². The van der Waals surface area contributed by atoms with E-state index in [1.807, 2.05) is 115 Å². The Morgan fingerprint density at radius 1 is 0.711 bits per heavy atom. The van der Waals surface area contributed by atoms with E-state index in [9.17, 15) is 9.59 Å². The quantitative estimate of drug-likeness (QED) is 0.273. The van der Waals surface area contributed by atoms with Crippen LogP contribution in [0.4, 0.5) is 0 Å². The Labute approximate surface area is 225 Å². The van der Waals surface area contributed by atoms with Gasteiger partial charge in [-0.3, -0.25) is 9.59 Å². The van der Waals surface area contributed by atoms with E-state index in [0.29, 0.717) is 32.4 Å². The molecule has 0 saturated carbocycles. The molecule has 0 heterocycles. The minimum Gasteiger partial charge on any atom is -0.497 e. The summed E-state index contributed by atoms with van der Waals surface area (Å²) in [5.74, 6) is 0.548. The highest BCUT2D eigenvalue weighted by Gasteiger charge is 2.30. The van der Waals surface area contributed by atoms with Gasteiger partial charge < -0.3 is 15.0 Å². The summed E-state index contributed by atoms with van der Waals surface area (Å²) in [5.41, 5.74) is 4.05. The van der Waals surface area contributed by atoms with Crippen molar-refractivity contribution in [2.75, 3.05) is 7.11 Å². The lowest BCUT2D eigenvalue weighted by atomic mass is 10.0. The Hall–Kier alpha value is -4.38. The summed E-state index contributed by atoms with van der Waals surface area (Å²) in [6.45, 7) is 0.730. The highest BCUT2D eigenvalue weighted by Crippen LogP contribution is 2.18. The average Bonchev–Trinajstić information content (AvgIpc) is 2.98. The van der Waals surface area contributed by atoms with Crippen LogP contribution in [0.3, 0.4) is 0 Å². The monoisotopic (exact) mass is 506 g/mol. The zero-order valence-electron chi connectivity index (χ0n) is 21.8. The van der Waals surface area contributed by atoms with Crippen molar-refractivity contribution in [3.63, 3.8) is 0 Å². The van der Waals surface area contributed by atoms with Gasteiger partial charge in [0.05, 0.1) is 7.11 Å². The zero-order chi connectivity index (χ0) is 26.6. The van der Waals surface area contributed by atoms with Crippen molar-refractivity contribution < 1.29 is 14.3 Å². The maximum atomic E-state index is 13.7. The molecule has 0 aliphatic heterocycles. The molecule has 0 saturated heterocycles. The SMILES string of the molecule is COc1ccc(CNC(=O)[C@@H](Cc2ccccc2)N(Cc2ccccc2)C(=O)CCc2ccccc2)cc1. The first-order chi connectivity index (χ1) is 18.6. The van der Waals surface area contributed by atoms with E-state index in [-0.39, 0.29) is 11.8 Å². The van der Waals surface area contributed by atoms with Crippen LogP contribution in [-0.4, -0.2) is 29.9 Å². The predicted molar refractivity (Wildman–Crippen MR) is 151 cm³/mol. The molecule has 0 bridgehead atoms. The standard InChI is InChI=1S/C33H34N2O3/c1-38-30-20-17-28(18-21-30)24-34-33(37)31(23-27-13-7-3-8-14-27)35(25-29-15-9-4-10-16-29)32(36)22-19-26-11-5-2-6-12-26/h2-18,20-21,31H,19,22-25H2,1H3,(H,34,37)/t31-/m1/s1. The van der Waals surface area contributed by atoms with Crippen LogP contribution < -0.4 is 10.1 Å². The number of carbonyl (C=O) groups is 2. The second-order valence-corrected chi connectivity index (χ2v) is 9.26. The Bertz CT molecular complexity index is 1280. The molecule has 5 nitrogen and oxygen atoms in total. The normalized spacial score (nSPS) is 11.4. The number of hydrogen-bond acceptors (Lipinski definition) is 3. The van der Waals surface area contributed by atoms with E-state index in [1.165, 1.54) is 0 Å². The minimum absolute atomic E-state index is 0.0433. The van der Waals surface area contributed by atoms with E-state index < -0.39 is 6.04 Å². The summed E-state index contributed by atoms with van der Waals surface area (Å²) in [6.07, 6.45) is 1.38. The van der Waals surface area contributed by atoms with Gasteiger partial charge in [-0.15, -0.1) is 0 Å². The van der Waals surface area contributed by atoms with Gasteiger partial charge in [-0.2, -0.15) is 0 Å². The Morgan fingerprint density at radius 2 is 1.26 bits per heavy atom. The van der Waals surface area contributed by atoms with Crippen molar-refractivity contribution in [1.82, 2.24) is 10.2 Å². The lowest BCUT2D eigenvalue weighted by Crippen LogP contribution is -2.50. The molecule has 0 aliphatic carbocycles. The average molecular weight is 507 g/mol. The summed E-state index contributed by atoms with van der Waals surface area (Å²) in [7, 11) is 1.63. The summed E-state index contributed by atoms with van der Waals surface area (Å²) in [6, 6.07) is 36.6. The van der Waals surface area contributed by atoms with E-state index in [0.717, 1.165) is 28.0 Å². The van der Waals surface area contributed by atoms with Crippen LogP contribution in [0, 0.1) is 0 Å². The van der Waals surface area contributed by atoms with Crippen LogP contribution in [-0.2, 0) is 35.5 Å². The first-order valence-electron chi connectivity index (χ1n) is 12.9. The molecule has 194 valence electrons. The van der Waals surface area contributed by atoms with Crippen molar-refractivity contribution >= 4 is 11.8 Å². The lowest BCUT2D eigenvalue weighted by molar-refractivity contribution is -0.141. The summed E-state index contributed by atoms with van der Waals surface area (Å²) >= 11 is 0. The van der Waals surface area contributed by atoms with Crippen molar-refractivity contribution in [2.24, 2.45) is 0 Å². The van der Waals surface area contributed by atoms with Crippen LogP contribution in [0.2, 0.25) is 0 Å². The molecule has 1 N–H and O–H groups in total. The summed E-state index contributed by atoms with van der Waals surface area (Å²) < 4.78 is 5.24. The molecule has 5 heteroatoms. The van der Waals surface area contributed by atoms with Crippen LogP contribution >= 0.6 is 0 Å². The molecule has 1 atom stereocenters. The number of nitrogens with one attached hydrogen (secondary N) is 1. The fourth-order valence-electron chi connectivity index (χ4n) is 4.42. The van der Waals surface area contributed by atoms with Crippen LogP contribution in [0.1, 0.15) is 28.7 Å². The minimum atomic E-state index is -0.654. The molecule has 2 amide bonds. The molecule has 38 heavy (non-hydrogen) atoms. The topological polar surface area (TPSA) is 58.6 Å². The fourth-order valence-corrected chi connectivity index (χ4v) is 4.42. The molecule has 4 aromatic carbocycles. The second kappa shape index (κ2) is 13.8. The Balaban J connectivity index is 1.57. The van der Waals surface area contributed by atoms with Gasteiger partial charge in [0.1, 0.15) is 11.8 Å².